The first-order chi connectivity index (χ1) is 13.9. The van der Waals surface area contributed by atoms with Crippen molar-refractivity contribution in [1.82, 2.24) is 19.4 Å². The van der Waals surface area contributed by atoms with Crippen LogP contribution in [0.2, 0.25) is 5.02 Å². The number of anilines is 1. The lowest BCUT2D eigenvalue weighted by atomic mass is 10.1. The van der Waals surface area contributed by atoms with Crippen LogP contribution in [0.25, 0.3) is 22.6 Å². The van der Waals surface area contributed by atoms with E-state index in [1.54, 1.807) is 23.7 Å². The number of likely N-dealkylation sites (tertiary alicyclic amines) is 1. The van der Waals surface area contributed by atoms with E-state index in [1.807, 2.05) is 14.0 Å². The number of benzene rings is 1. The van der Waals surface area contributed by atoms with E-state index >= 15 is 0 Å². The summed E-state index contributed by atoms with van der Waals surface area (Å²) in [6.07, 6.45) is 0.930. The lowest BCUT2D eigenvalue weighted by Crippen LogP contribution is -2.24. The summed E-state index contributed by atoms with van der Waals surface area (Å²) >= 11 is 6.10. The summed E-state index contributed by atoms with van der Waals surface area (Å²) in [6.45, 7) is 3.99. The van der Waals surface area contributed by atoms with Gasteiger partial charge >= 0.3 is 0 Å². The van der Waals surface area contributed by atoms with Crippen LogP contribution in [0.5, 0.6) is 5.75 Å². The maximum atomic E-state index is 14.7. The first-order valence-corrected chi connectivity index (χ1v) is 9.64. The molecule has 152 valence electrons. The molecule has 0 bridgehead atoms. The van der Waals surface area contributed by atoms with Gasteiger partial charge in [0.15, 0.2) is 17.3 Å². The zero-order chi connectivity index (χ0) is 20.7. The highest BCUT2D eigenvalue weighted by Crippen LogP contribution is 2.36. The molecule has 9 heteroatoms. The number of rotatable bonds is 5. The van der Waals surface area contributed by atoms with E-state index < -0.39 is 5.82 Å². The van der Waals surface area contributed by atoms with Gasteiger partial charge in [-0.15, -0.1) is 0 Å². The topological polar surface area (TPSA) is 72.3 Å². The highest BCUT2D eigenvalue weighted by Gasteiger charge is 2.23. The van der Waals surface area contributed by atoms with E-state index in [0.29, 0.717) is 34.0 Å². The summed E-state index contributed by atoms with van der Waals surface area (Å²) in [5.74, 6) is 0.560. The minimum atomic E-state index is -0.432. The molecule has 0 aliphatic carbocycles. The Kier molecular flexibility index (Phi) is 5.14. The molecular weight excluding hydrogens is 397 g/mol. The molecule has 3 heterocycles. The SMILES string of the molecule is Cc1cc(Cl)cc(OC=O)c1-c1nc2nc(N[C@@H]3CCN(C)C3)c(F)cc2n1C. The molecule has 4 rings (SSSR count). The summed E-state index contributed by atoms with van der Waals surface area (Å²) < 4.78 is 21.6. The molecule has 2 aromatic heterocycles. The van der Waals surface area contributed by atoms with Gasteiger partial charge in [0.1, 0.15) is 11.6 Å². The second-order valence-electron chi connectivity index (χ2n) is 7.36. The molecule has 1 aliphatic rings. The van der Waals surface area contributed by atoms with Gasteiger partial charge in [0.25, 0.3) is 6.47 Å². The van der Waals surface area contributed by atoms with Crippen LogP contribution in [0.1, 0.15) is 12.0 Å². The number of hydrogen-bond donors (Lipinski definition) is 1. The summed E-state index contributed by atoms with van der Waals surface area (Å²) in [5.41, 5.74) is 2.33. The average Bonchev–Trinajstić information content (AvgIpc) is 3.19. The van der Waals surface area contributed by atoms with Gasteiger partial charge in [-0.05, 0) is 38.6 Å². The highest BCUT2D eigenvalue weighted by molar-refractivity contribution is 6.31. The number of imidazole rings is 1. The second kappa shape index (κ2) is 7.61. The van der Waals surface area contributed by atoms with Crippen LogP contribution in [-0.4, -0.2) is 52.1 Å². The minimum Gasteiger partial charge on any atom is -0.428 e. The summed E-state index contributed by atoms with van der Waals surface area (Å²) in [7, 11) is 3.80. The molecular formula is C20H21ClFN5O2. The van der Waals surface area contributed by atoms with Crippen molar-refractivity contribution in [3.63, 3.8) is 0 Å². The number of halogens is 2. The van der Waals surface area contributed by atoms with Crippen LogP contribution >= 0.6 is 11.6 Å². The number of carbonyl (C=O) groups is 1. The normalized spacial score (nSPS) is 17.1. The van der Waals surface area contributed by atoms with Gasteiger partial charge in [0.2, 0.25) is 0 Å². The molecule has 0 spiro atoms. The van der Waals surface area contributed by atoms with Crippen LogP contribution in [-0.2, 0) is 11.8 Å². The quantitative estimate of drug-likeness (QED) is 0.641. The van der Waals surface area contributed by atoms with Crippen molar-refractivity contribution in [2.45, 2.75) is 19.4 Å². The van der Waals surface area contributed by atoms with Crippen LogP contribution in [0, 0.1) is 12.7 Å². The Labute approximate surface area is 172 Å². The molecule has 1 saturated heterocycles. The first kappa shape index (κ1) is 19.6. The van der Waals surface area contributed by atoms with Gasteiger partial charge in [-0.3, -0.25) is 4.79 Å². The van der Waals surface area contributed by atoms with Gasteiger partial charge in [-0.1, -0.05) is 11.6 Å². The Hall–Kier alpha value is -2.71. The average molecular weight is 418 g/mol. The smallest absolute Gasteiger partial charge is 0.298 e. The summed E-state index contributed by atoms with van der Waals surface area (Å²) in [4.78, 5) is 22.2. The van der Waals surface area contributed by atoms with Crippen LogP contribution < -0.4 is 10.1 Å². The van der Waals surface area contributed by atoms with Gasteiger partial charge < -0.3 is 19.5 Å². The molecule has 1 atom stereocenters. The van der Waals surface area contributed by atoms with E-state index in [4.69, 9.17) is 16.3 Å². The molecule has 3 aromatic rings. The van der Waals surface area contributed by atoms with Crippen molar-refractivity contribution in [2.75, 3.05) is 25.5 Å². The molecule has 0 amide bonds. The van der Waals surface area contributed by atoms with Crippen LogP contribution in [0.4, 0.5) is 10.2 Å². The van der Waals surface area contributed by atoms with Crippen molar-refractivity contribution in [3.05, 3.63) is 34.6 Å². The van der Waals surface area contributed by atoms with Gasteiger partial charge in [-0.2, -0.15) is 0 Å². The molecule has 0 saturated carbocycles. The van der Waals surface area contributed by atoms with Crippen molar-refractivity contribution >= 4 is 35.1 Å². The Morgan fingerprint density at radius 2 is 2.10 bits per heavy atom. The fourth-order valence-electron chi connectivity index (χ4n) is 3.80. The van der Waals surface area contributed by atoms with E-state index in [2.05, 4.69) is 20.2 Å². The number of carbonyl (C=O) groups excluding carboxylic acids is 1. The third-order valence-corrected chi connectivity index (χ3v) is 5.44. The molecule has 0 unspecified atom stereocenters. The van der Waals surface area contributed by atoms with Crippen LogP contribution in [0.15, 0.2) is 18.2 Å². The Morgan fingerprint density at radius 3 is 2.79 bits per heavy atom. The monoisotopic (exact) mass is 417 g/mol. The molecule has 1 aromatic carbocycles. The second-order valence-corrected chi connectivity index (χ2v) is 7.79. The third kappa shape index (κ3) is 3.65. The maximum absolute atomic E-state index is 14.7. The van der Waals surface area contributed by atoms with E-state index in [1.165, 1.54) is 6.07 Å². The van der Waals surface area contributed by atoms with E-state index in [-0.39, 0.29) is 17.6 Å². The lowest BCUT2D eigenvalue weighted by Gasteiger charge is -2.14. The number of ether oxygens (including phenoxy) is 1. The maximum Gasteiger partial charge on any atom is 0.298 e. The highest BCUT2D eigenvalue weighted by atomic mass is 35.5. The van der Waals surface area contributed by atoms with Gasteiger partial charge in [-0.25, -0.2) is 14.4 Å². The first-order valence-electron chi connectivity index (χ1n) is 9.26. The fourth-order valence-corrected chi connectivity index (χ4v) is 4.07. The Balaban J connectivity index is 1.80. The zero-order valence-corrected chi connectivity index (χ0v) is 17.1. The summed E-state index contributed by atoms with van der Waals surface area (Å²) in [5, 5.41) is 3.63. The minimum absolute atomic E-state index is 0.147. The number of hydrogen-bond acceptors (Lipinski definition) is 6. The number of aromatic nitrogens is 3. The van der Waals surface area contributed by atoms with Crippen molar-refractivity contribution < 1.29 is 13.9 Å². The van der Waals surface area contributed by atoms with Crippen molar-refractivity contribution in [1.29, 1.82) is 0 Å². The number of nitrogens with one attached hydrogen (secondary N) is 1. The molecule has 1 aliphatic heterocycles. The third-order valence-electron chi connectivity index (χ3n) is 5.22. The predicted octanol–water partition coefficient (Wildman–Crippen LogP) is 3.39. The zero-order valence-electron chi connectivity index (χ0n) is 16.4. The van der Waals surface area contributed by atoms with E-state index in [9.17, 15) is 9.18 Å². The Bertz CT molecular complexity index is 1100. The number of aryl methyl sites for hydroxylation is 2. The lowest BCUT2D eigenvalue weighted by molar-refractivity contribution is -0.120. The summed E-state index contributed by atoms with van der Waals surface area (Å²) in [6, 6.07) is 4.88. The molecule has 1 N–H and O–H groups in total. The van der Waals surface area contributed by atoms with Gasteiger partial charge in [0.05, 0.1) is 11.1 Å². The largest absolute Gasteiger partial charge is 0.428 e. The van der Waals surface area contributed by atoms with Crippen LogP contribution in [0.3, 0.4) is 0 Å². The molecule has 0 radical (unpaired) electrons. The molecule has 29 heavy (non-hydrogen) atoms. The fraction of sp³-hybridized carbons (Fsp3) is 0.350. The van der Waals surface area contributed by atoms with Crippen molar-refractivity contribution in [2.24, 2.45) is 7.05 Å². The molecule has 1 fully saturated rings. The number of likely N-dealkylation sites (N-methyl/N-ethyl adjacent to an activating group) is 1. The number of nitrogens with zero attached hydrogens (tertiary/aromatic N) is 4. The number of fused-ring (bicyclic) bond motifs is 1. The van der Waals surface area contributed by atoms with Crippen molar-refractivity contribution in [3.8, 4) is 17.1 Å². The standard InChI is InChI=1S/C20H21ClFN5O2/c1-11-6-12(21)7-16(29-10-28)17(11)20-25-19-15(27(20)3)8-14(22)18(24-19)23-13-4-5-26(2)9-13/h6-8,10,13H,4-5,9H2,1-3H3,(H,23,24)/t13-/m1/s1. The molecule has 7 nitrogen and oxygen atoms in total. The predicted molar refractivity (Wildman–Crippen MR) is 110 cm³/mol. The van der Waals surface area contributed by atoms with Gasteiger partial charge in [0, 0.05) is 36.8 Å². The van der Waals surface area contributed by atoms with E-state index in [0.717, 1.165) is 25.1 Å². The Morgan fingerprint density at radius 1 is 1.31 bits per heavy atom. The number of pyridine rings is 1.